The van der Waals surface area contributed by atoms with E-state index in [2.05, 4.69) is 5.32 Å². The lowest BCUT2D eigenvalue weighted by Gasteiger charge is -2.18. The zero-order chi connectivity index (χ0) is 13.0. The Labute approximate surface area is 93.9 Å². The first-order chi connectivity index (χ1) is 7.02. The largest absolute Gasteiger partial charge is 0.390 e. The second kappa shape index (κ2) is 5.83. The van der Waals surface area contributed by atoms with Crippen LogP contribution in [0.4, 0.5) is 13.2 Å². The summed E-state index contributed by atoms with van der Waals surface area (Å²) < 4.78 is 58.8. The zero-order valence-electron chi connectivity index (χ0n) is 9.50. The van der Waals surface area contributed by atoms with Crippen LogP contribution >= 0.6 is 0 Å². The zero-order valence-corrected chi connectivity index (χ0v) is 10.3. The van der Waals surface area contributed by atoms with E-state index in [0.717, 1.165) is 10.6 Å². The lowest BCUT2D eigenvalue weighted by molar-refractivity contribution is -0.139. The Balaban J connectivity index is 3.83. The van der Waals surface area contributed by atoms with Gasteiger partial charge in [0.05, 0.1) is 12.7 Å². The Morgan fingerprint density at radius 3 is 2.25 bits per heavy atom. The third-order valence-corrected chi connectivity index (χ3v) is 3.34. The van der Waals surface area contributed by atoms with Crippen LogP contribution in [0.3, 0.4) is 0 Å². The topological polar surface area (TPSA) is 49.4 Å². The molecule has 0 amide bonds. The Bertz CT molecular complexity index is 303. The van der Waals surface area contributed by atoms with Crippen molar-refractivity contribution in [1.82, 2.24) is 9.62 Å². The van der Waals surface area contributed by atoms with Crippen LogP contribution in [0.1, 0.15) is 13.3 Å². The molecule has 8 heteroatoms. The van der Waals surface area contributed by atoms with Crippen LogP contribution in [0.5, 0.6) is 0 Å². The minimum absolute atomic E-state index is 0.154. The van der Waals surface area contributed by atoms with Gasteiger partial charge >= 0.3 is 6.18 Å². The highest BCUT2D eigenvalue weighted by Gasteiger charge is 2.29. The molecule has 0 saturated heterocycles. The lowest BCUT2D eigenvalue weighted by Crippen LogP contribution is -2.38. The summed E-state index contributed by atoms with van der Waals surface area (Å²) in [7, 11) is -1.88. The predicted molar refractivity (Wildman–Crippen MR) is 55.6 cm³/mol. The highest BCUT2D eigenvalue weighted by molar-refractivity contribution is 7.88. The number of nitrogens with zero attached hydrogens (tertiary/aromatic N) is 1. The molecular formula is C8H17F3N2O2S. The normalized spacial score (nSPS) is 15.4. The number of halogens is 3. The fourth-order valence-electron chi connectivity index (χ4n) is 1.05. The maximum Gasteiger partial charge on any atom is 0.390 e. The average Bonchev–Trinajstić information content (AvgIpc) is 1.98. The van der Waals surface area contributed by atoms with E-state index < -0.39 is 28.7 Å². The van der Waals surface area contributed by atoms with Gasteiger partial charge in [0, 0.05) is 26.2 Å². The van der Waals surface area contributed by atoms with Gasteiger partial charge in [-0.1, -0.05) is 0 Å². The molecule has 0 fully saturated rings. The van der Waals surface area contributed by atoms with Crippen LogP contribution in [0.2, 0.25) is 0 Å². The number of nitrogens with one attached hydrogen (secondary N) is 1. The van der Waals surface area contributed by atoms with Gasteiger partial charge in [0.2, 0.25) is 10.0 Å². The number of hydrogen-bond acceptors (Lipinski definition) is 3. The second-order valence-electron chi connectivity index (χ2n) is 3.76. The summed E-state index contributed by atoms with van der Waals surface area (Å²) in [4.78, 5) is 0. The smallest absolute Gasteiger partial charge is 0.313 e. The van der Waals surface area contributed by atoms with Crippen molar-refractivity contribution in [1.29, 1.82) is 0 Å². The van der Waals surface area contributed by atoms with Crippen molar-refractivity contribution in [2.24, 2.45) is 0 Å². The van der Waals surface area contributed by atoms with Crippen molar-refractivity contribution in [3.8, 4) is 0 Å². The monoisotopic (exact) mass is 262 g/mol. The lowest BCUT2D eigenvalue weighted by atomic mass is 10.2. The van der Waals surface area contributed by atoms with Crippen LogP contribution < -0.4 is 5.32 Å². The average molecular weight is 262 g/mol. The van der Waals surface area contributed by atoms with E-state index in [1.165, 1.54) is 14.0 Å². The summed E-state index contributed by atoms with van der Waals surface area (Å²) in [5.74, 6) is 0. The maximum absolute atomic E-state index is 11.9. The molecule has 4 nitrogen and oxygen atoms in total. The van der Waals surface area contributed by atoms with E-state index in [9.17, 15) is 21.6 Å². The molecule has 16 heavy (non-hydrogen) atoms. The van der Waals surface area contributed by atoms with Crippen molar-refractivity contribution >= 4 is 10.0 Å². The third kappa shape index (κ3) is 7.89. The summed E-state index contributed by atoms with van der Waals surface area (Å²) in [6.45, 7) is 1.76. The minimum Gasteiger partial charge on any atom is -0.313 e. The molecular weight excluding hydrogens is 245 g/mol. The molecule has 0 aromatic carbocycles. The van der Waals surface area contributed by atoms with Crippen molar-refractivity contribution in [3.05, 3.63) is 0 Å². The molecule has 1 N–H and O–H groups in total. The molecule has 0 aliphatic carbocycles. The van der Waals surface area contributed by atoms with Gasteiger partial charge in [0.25, 0.3) is 0 Å². The number of sulfonamides is 1. The third-order valence-electron chi connectivity index (χ3n) is 2.02. The molecule has 0 aromatic rings. The SMILES string of the molecule is C[C@H](CC(F)(F)F)NCCN(C)S(C)(=O)=O. The van der Waals surface area contributed by atoms with E-state index in [0.29, 0.717) is 0 Å². The van der Waals surface area contributed by atoms with Crippen molar-refractivity contribution < 1.29 is 21.6 Å². The quantitative estimate of drug-likeness (QED) is 0.770. The molecule has 0 rings (SSSR count). The van der Waals surface area contributed by atoms with Crippen molar-refractivity contribution in [3.63, 3.8) is 0 Å². The number of alkyl halides is 3. The highest BCUT2D eigenvalue weighted by Crippen LogP contribution is 2.21. The Morgan fingerprint density at radius 1 is 1.38 bits per heavy atom. The van der Waals surface area contributed by atoms with Crippen LogP contribution in [-0.4, -0.2) is 51.3 Å². The molecule has 0 aromatic heterocycles. The van der Waals surface area contributed by atoms with Crippen molar-refractivity contribution in [2.45, 2.75) is 25.6 Å². The van der Waals surface area contributed by atoms with Crippen LogP contribution in [0.15, 0.2) is 0 Å². The van der Waals surface area contributed by atoms with E-state index in [-0.39, 0.29) is 13.1 Å². The summed E-state index contributed by atoms with van der Waals surface area (Å²) in [5, 5.41) is 2.62. The first kappa shape index (κ1) is 15.7. The van der Waals surface area contributed by atoms with Crippen LogP contribution in [0.25, 0.3) is 0 Å². The molecule has 0 aliphatic rings. The fourth-order valence-corrected chi connectivity index (χ4v) is 1.48. The van der Waals surface area contributed by atoms with Gasteiger partial charge in [-0.15, -0.1) is 0 Å². The maximum atomic E-state index is 11.9. The molecule has 0 saturated carbocycles. The minimum atomic E-state index is -4.20. The summed E-state index contributed by atoms with van der Waals surface area (Å²) in [6, 6.07) is -0.715. The summed E-state index contributed by atoms with van der Waals surface area (Å²) in [5.41, 5.74) is 0. The second-order valence-corrected chi connectivity index (χ2v) is 5.85. The van der Waals surface area contributed by atoms with Crippen LogP contribution in [0, 0.1) is 0 Å². The first-order valence-corrected chi connectivity index (χ1v) is 6.58. The molecule has 0 spiro atoms. The van der Waals surface area contributed by atoms with Gasteiger partial charge in [-0.2, -0.15) is 13.2 Å². The van der Waals surface area contributed by atoms with Gasteiger partial charge in [0.15, 0.2) is 0 Å². The Morgan fingerprint density at radius 2 is 1.88 bits per heavy atom. The van der Waals surface area contributed by atoms with Gasteiger partial charge in [-0.3, -0.25) is 0 Å². The molecule has 0 unspecified atom stereocenters. The molecule has 0 bridgehead atoms. The summed E-state index contributed by atoms with van der Waals surface area (Å²) in [6.07, 6.45) is -4.07. The number of likely N-dealkylation sites (N-methyl/N-ethyl adjacent to an activating group) is 1. The molecule has 0 aliphatic heterocycles. The molecule has 98 valence electrons. The van der Waals surface area contributed by atoms with E-state index >= 15 is 0 Å². The van der Waals surface area contributed by atoms with Gasteiger partial charge in [0.1, 0.15) is 0 Å². The van der Waals surface area contributed by atoms with Gasteiger partial charge < -0.3 is 5.32 Å². The number of rotatable bonds is 6. The van der Waals surface area contributed by atoms with Crippen molar-refractivity contribution in [2.75, 3.05) is 26.4 Å². The fraction of sp³-hybridized carbons (Fsp3) is 1.00. The summed E-state index contributed by atoms with van der Waals surface area (Å²) >= 11 is 0. The van der Waals surface area contributed by atoms with Gasteiger partial charge in [-0.25, -0.2) is 12.7 Å². The van der Waals surface area contributed by atoms with E-state index in [1.807, 2.05) is 0 Å². The van der Waals surface area contributed by atoms with E-state index in [1.54, 1.807) is 0 Å². The number of hydrogen-bond donors (Lipinski definition) is 1. The standard InChI is InChI=1S/C8H17F3N2O2S/c1-7(6-8(9,10)11)12-4-5-13(2)16(3,14)15/h7,12H,4-6H2,1-3H3/t7-/m1/s1. The van der Waals surface area contributed by atoms with Gasteiger partial charge in [-0.05, 0) is 6.92 Å². The Kier molecular flexibility index (Phi) is 5.71. The molecule has 1 atom stereocenters. The predicted octanol–water partition coefficient (Wildman–Crippen LogP) is 0.808. The first-order valence-electron chi connectivity index (χ1n) is 4.74. The Hall–Kier alpha value is -0.340. The highest BCUT2D eigenvalue weighted by atomic mass is 32.2. The molecule has 0 heterocycles. The van der Waals surface area contributed by atoms with E-state index in [4.69, 9.17) is 0 Å². The van der Waals surface area contributed by atoms with Crippen LogP contribution in [-0.2, 0) is 10.0 Å². The molecule has 0 radical (unpaired) electrons.